The van der Waals surface area contributed by atoms with Crippen molar-refractivity contribution >= 4 is 76.2 Å². The molecule has 0 fully saturated rings. The molecule has 5 aliphatic rings. The third-order valence-electron chi connectivity index (χ3n) is 20.2. The predicted octanol–water partition coefficient (Wildman–Crippen LogP) is 20.1. The summed E-state index contributed by atoms with van der Waals surface area (Å²) in [5.74, 6) is 0.276. The van der Waals surface area contributed by atoms with Crippen LogP contribution in [0.4, 0.5) is 0 Å². The van der Waals surface area contributed by atoms with Crippen LogP contribution in [0.25, 0.3) is 98.4 Å². The van der Waals surface area contributed by atoms with Crippen LogP contribution in [0.15, 0.2) is 273 Å². The van der Waals surface area contributed by atoms with Gasteiger partial charge < -0.3 is 8.80 Å². The van der Waals surface area contributed by atoms with Crippen LogP contribution >= 0.6 is 0 Å². The molecule has 3 atom stereocenters. The number of allylic oxidation sites excluding steroid dienone is 12. The van der Waals surface area contributed by atoms with E-state index >= 15 is 0 Å². The largest absolute Gasteiger partial charge is 0.308 e. The molecule has 0 bridgehead atoms. The predicted molar refractivity (Wildman–Crippen MR) is 343 cm³/mol. The summed E-state index contributed by atoms with van der Waals surface area (Å²) in [6.07, 6.45) is 29.9. The van der Waals surface area contributed by atoms with Crippen LogP contribution < -0.4 is 0 Å². The van der Waals surface area contributed by atoms with Crippen LogP contribution in [0, 0.1) is 0 Å². The molecule has 10 aromatic carbocycles. The number of para-hydroxylation sites is 2. The Morgan fingerprint density at radius 2 is 0.793 bits per heavy atom. The maximum Gasteiger partial charge on any atom is 0.0714 e. The lowest BCUT2D eigenvalue weighted by molar-refractivity contribution is 0.693. The lowest BCUT2D eigenvalue weighted by atomic mass is 9.65. The van der Waals surface area contributed by atoms with Gasteiger partial charge in [-0.1, -0.05) is 248 Å². The smallest absolute Gasteiger partial charge is 0.0714 e. The van der Waals surface area contributed by atoms with Crippen LogP contribution in [0.5, 0.6) is 0 Å². The Morgan fingerprint density at radius 3 is 1.27 bits per heavy atom. The van der Waals surface area contributed by atoms with E-state index in [9.17, 15) is 0 Å². The van der Waals surface area contributed by atoms with E-state index in [2.05, 4.69) is 276 Å². The molecule has 3 unspecified atom stereocenters. The zero-order chi connectivity index (χ0) is 53.4. The number of benzene rings is 10. The molecule has 0 amide bonds. The molecule has 0 N–H and O–H groups in total. The summed E-state index contributed by atoms with van der Waals surface area (Å²) in [6.45, 7) is 0. The van der Waals surface area contributed by atoms with Crippen molar-refractivity contribution in [2.75, 3.05) is 0 Å². The van der Waals surface area contributed by atoms with Crippen molar-refractivity contribution in [3.05, 3.63) is 323 Å². The summed E-state index contributed by atoms with van der Waals surface area (Å²) in [6, 6.07) is 77.5. The van der Waals surface area contributed by atoms with Crippen molar-refractivity contribution in [1.29, 1.82) is 0 Å². The first-order valence-corrected chi connectivity index (χ1v) is 29.6. The molecule has 14 aromatic rings. The van der Waals surface area contributed by atoms with Gasteiger partial charge in [-0.15, -0.1) is 0 Å². The summed E-state index contributed by atoms with van der Waals surface area (Å²) in [4.78, 5) is 0. The number of hydrogen-bond acceptors (Lipinski definition) is 0. The molecule has 2 heteroatoms. The molecule has 19 rings (SSSR count). The average molecular weight is 1040 g/mol. The summed E-state index contributed by atoms with van der Waals surface area (Å²) in [5, 5.41) is 10.7. The van der Waals surface area contributed by atoms with Crippen LogP contribution in [0.2, 0.25) is 0 Å². The number of fused-ring (bicyclic) bond motifs is 18. The zero-order valence-corrected chi connectivity index (χ0v) is 45.3. The maximum absolute atomic E-state index is 2.78. The Labute approximate surface area is 475 Å². The summed E-state index contributed by atoms with van der Waals surface area (Å²) >= 11 is 0. The monoisotopic (exact) mass is 1040 g/mol. The van der Waals surface area contributed by atoms with Crippen LogP contribution in [0.3, 0.4) is 0 Å². The van der Waals surface area contributed by atoms with Gasteiger partial charge in [0.2, 0.25) is 0 Å². The minimum absolute atomic E-state index is 0.137. The van der Waals surface area contributed by atoms with Gasteiger partial charge in [-0.25, -0.2) is 0 Å². The molecule has 82 heavy (non-hydrogen) atoms. The molecule has 384 valence electrons. The second-order valence-electron chi connectivity index (χ2n) is 23.8. The Hall–Kier alpha value is -9.76. The van der Waals surface area contributed by atoms with Gasteiger partial charge in [-0.2, -0.15) is 0 Å². The number of nitrogens with zero attached hydrogens (tertiary/aromatic N) is 2. The molecule has 2 nitrogen and oxygen atoms in total. The average Bonchev–Trinajstić information content (AvgIpc) is 3.54. The number of aromatic nitrogens is 2. The van der Waals surface area contributed by atoms with Gasteiger partial charge in [0.15, 0.2) is 0 Å². The Bertz CT molecular complexity index is 5230. The van der Waals surface area contributed by atoms with Gasteiger partial charge in [-0.3, -0.25) is 0 Å². The molecule has 4 heterocycles. The van der Waals surface area contributed by atoms with Crippen molar-refractivity contribution < 1.29 is 0 Å². The lowest BCUT2D eigenvalue weighted by Crippen LogP contribution is -2.30. The van der Waals surface area contributed by atoms with E-state index in [-0.39, 0.29) is 11.8 Å². The van der Waals surface area contributed by atoms with Gasteiger partial charge >= 0.3 is 0 Å². The zero-order valence-electron chi connectivity index (χ0n) is 45.3. The lowest BCUT2D eigenvalue weighted by Gasteiger charge is -2.36. The SMILES string of the molecule is C1=CCCC(C2(c3ccccc3)c3ccccc3-c3cc4c5cccc6c7c(C8C=CC=CC8)c8c(c(C9C=CC=CC9)c7n(c4cc32)c56)c2cccc3c4cc5c(cc4n8c32)C(c2ccccc2)(c2ccccc2)c2ccccc2-5)=C1. The van der Waals surface area contributed by atoms with Crippen LogP contribution in [-0.4, -0.2) is 8.80 Å². The first-order chi connectivity index (χ1) is 40.7. The highest BCUT2D eigenvalue weighted by molar-refractivity contribution is 6.32. The summed E-state index contributed by atoms with van der Waals surface area (Å²) in [5.41, 5.74) is 25.9. The van der Waals surface area contributed by atoms with E-state index in [1.807, 2.05) is 0 Å². The fourth-order valence-corrected chi connectivity index (χ4v) is 17.2. The van der Waals surface area contributed by atoms with Crippen LogP contribution in [0.1, 0.15) is 87.6 Å². The van der Waals surface area contributed by atoms with Gasteiger partial charge in [0.05, 0.1) is 43.9 Å². The minimum Gasteiger partial charge on any atom is -0.308 e. The van der Waals surface area contributed by atoms with Crippen molar-refractivity contribution in [3.8, 4) is 22.3 Å². The fraction of sp³-hybridized carbons (Fsp3) is 0.100. The summed E-state index contributed by atoms with van der Waals surface area (Å²) in [7, 11) is 0. The van der Waals surface area contributed by atoms with Crippen molar-refractivity contribution in [1.82, 2.24) is 8.80 Å². The molecule has 0 aliphatic heterocycles. The first-order valence-electron chi connectivity index (χ1n) is 29.6. The Balaban J connectivity index is 1.01. The molecule has 0 radical (unpaired) electrons. The number of rotatable bonds is 6. The summed E-state index contributed by atoms with van der Waals surface area (Å²) < 4.78 is 5.55. The Kier molecular flexibility index (Phi) is 9.02. The van der Waals surface area contributed by atoms with Gasteiger partial charge in [0, 0.05) is 54.9 Å². The normalized spacial score (nSPS) is 19.5. The molecule has 0 saturated carbocycles. The van der Waals surface area contributed by atoms with E-state index in [1.54, 1.807) is 0 Å². The standard InChI is InChI=1S/C80H54N2/c1-7-25-49(26-8-1)71-73-59-41-23-39-57-64-46-62-56-38-20-22-44-66(56)80(53-33-15-5-16-34-53,54-35-17-6-18-36-54)68(62)48-70(64)82(75(57)59)78(73)72(50-27-9-2-10-28-50)74-60-42-24-40-58-63-45-61-55-37-19-21-43-65(55)79(51-29-11-3-12-30-51,52-31-13-4-14-32-52)67(61)47-69(63)81(76(58)60)77(71)74/h1-17,19-25,27,29-35,37-50H,18,26,28,36H2. The van der Waals surface area contributed by atoms with Crippen molar-refractivity contribution in [2.45, 2.75) is 48.3 Å². The highest BCUT2D eigenvalue weighted by atomic mass is 14.9. The molecule has 0 spiro atoms. The second-order valence-corrected chi connectivity index (χ2v) is 23.8. The molecular formula is C80H54N2. The quantitative estimate of drug-likeness (QED) is 0.157. The molecular weight excluding hydrogens is 989 g/mol. The van der Waals surface area contributed by atoms with E-state index in [0.717, 1.165) is 25.7 Å². The molecule has 0 saturated heterocycles. The van der Waals surface area contributed by atoms with Crippen molar-refractivity contribution in [2.24, 2.45) is 0 Å². The van der Waals surface area contributed by atoms with E-state index in [4.69, 9.17) is 0 Å². The van der Waals surface area contributed by atoms with E-state index < -0.39 is 10.8 Å². The topological polar surface area (TPSA) is 8.82 Å². The molecule has 5 aliphatic carbocycles. The van der Waals surface area contributed by atoms with Crippen molar-refractivity contribution in [3.63, 3.8) is 0 Å². The highest BCUT2D eigenvalue weighted by Crippen LogP contribution is 2.62. The van der Waals surface area contributed by atoms with Crippen LogP contribution in [-0.2, 0) is 10.8 Å². The third kappa shape index (κ3) is 5.46. The van der Waals surface area contributed by atoms with E-state index in [0.29, 0.717) is 0 Å². The Morgan fingerprint density at radius 1 is 0.341 bits per heavy atom. The second kappa shape index (κ2) is 16.4. The molecule has 4 aromatic heterocycles. The minimum atomic E-state index is -0.532. The van der Waals surface area contributed by atoms with Gasteiger partial charge in [0.1, 0.15) is 0 Å². The first kappa shape index (κ1) is 45.0. The number of hydrogen-bond donors (Lipinski definition) is 0. The fourth-order valence-electron chi connectivity index (χ4n) is 17.2. The van der Waals surface area contributed by atoms with Gasteiger partial charge in [-0.05, 0) is 122 Å². The van der Waals surface area contributed by atoms with Gasteiger partial charge in [0.25, 0.3) is 0 Å². The van der Waals surface area contributed by atoms with E-state index in [1.165, 1.54) is 154 Å². The highest BCUT2D eigenvalue weighted by Gasteiger charge is 2.49. The third-order valence-corrected chi connectivity index (χ3v) is 20.2. The maximum atomic E-state index is 2.78.